The SMILES string of the molecule is COc1ccc(CN2CCN(Cc3ccc(C#N)cc3)CC2)c(OC)c1OC. The Morgan fingerprint density at radius 3 is 1.93 bits per heavy atom. The van der Waals surface area contributed by atoms with Crippen molar-refractivity contribution in [1.29, 1.82) is 5.26 Å². The van der Waals surface area contributed by atoms with Gasteiger partial charge in [0.25, 0.3) is 0 Å². The van der Waals surface area contributed by atoms with E-state index in [1.807, 2.05) is 36.4 Å². The van der Waals surface area contributed by atoms with Crippen LogP contribution in [0.3, 0.4) is 0 Å². The van der Waals surface area contributed by atoms with Crippen molar-refractivity contribution in [2.24, 2.45) is 0 Å². The molecule has 2 aromatic carbocycles. The maximum absolute atomic E-state index is 8.91. The quantitative estimate of drug-likeness (QED) is 0.735. The van der Waals surface area contributed by atoms with Gasteiger partial charge in [0.05, 0.1) is 33.0 Å². The van der Waals surface area contributed by atoms with Crippen LogP contribution in [0.15, 0.2) is 36.4 Å². The number of benzene rings is 2. The normalized spacial score (nSPS) is 15.1. The number of ether oxygens (including phenoxy) is 3. The highest BCUT2D eigenvalue weighted by Gasteiger charge is 2.21. The number of rotatable bonds is 7. The van der Waals surface area contributed by atoms with E-state index in [-0.39, 0.29) is 0 Å². The second-order valence-corrected chi connectivity index (χ2v) is 6.85. The van der Waals surface area contributed by atoms with Crippen LogP contribution in [-0.4, -0.2) is 57.3 Å². The van der Waals surface area contributed by atoms with Crippen LogP contribution in [0, 0.1) is 11.3 Å². The van der Waals surface area contributed by atoms with Gasteiger partial charge in [0.2, 0.25) is 5.75 Å². The van der Waals surface area contributed by atoms with Gasteiger partial charge in [-0.15, -0.1) is 0 Å². The highest BCUT2D eigenvalue weighted by atomic mass is 16.5. The van der Waals surface area contributed by atoms with Gasteiger partial charge in [0.15, 0.2) is 11.5 Å². The molecule has 1 aliphatic rings. The molecule has 0 unspecified atom stereocenters. The maximum atomic E-state index is 8.91. The predicted octanol–water partition coefficient (Wildman–Crippen LogP) is 2.90. The molecule has 0 saturated carbocycles. The molecule has 1 saturated heterocycles. The number of nitrogens with zero attached hydrogens (tertiary/aromatic N) is 3. The lowest BCUT2D eigenvalue weighted by Crippen LogP contribution is -2.45. The first-order valence-electron chi connectivity index (χ1n) is 9.40. The Balaban J connectivity index is 1.59. The molecule has 1 fully saturated rings. The van der Waals surface area contributed by atoms with E-state index in [0.717, 1.165) is 50.6 Å². The first-order valence-corrected chi connectivity index (χ1v) is 9.40. The zero-order chi connectivity index (χ0) is 19.9. The number of nitriles is 1. The van der Waals surface area contributed by atoms with Crippen molar-refractivity contribution in [2.75, 3.05) is 47.5 Å². The molecule has 0 atom stereocenters. The third-order valence-electron chi connectivity index (χ3n) is 5.13. The van der Waals surface area contributed by atoms with Gasteiger partial charge in [0, 0.05) is 44.8 Å². The molecule has 0 radical (unpaired) electrons. The Bertz CT molecular complexity index is 822. The summed E-state index contributed by atoms with van der Waals surface area (Å²) in [6.45, 7) is 5.74. The van der Waals surface area contributed by atoms with Crippen molar-refractivity contribution in [3.05, 3.63) is 53.1 Å². The molecule has 0 aliphatic carbocycles. The third kappa shape index (κ3) is 4.56. The average Bonchev–Trinajstić information content (AvgIpc) is 2.75. The van der Waals surface area contributed by atoms with Crippen molar-refractivity contribution in [2.45, 2.75) is 13.1 Å². The molecule has 28 heavy (non-hydrogen) atoms. The summed E-state index contributed by atoms with van der Waals surface area (Å²) in [4.78, 5) is 4.88. The van der Waals surface area contributed by atoms with E-state index in [0.29, 0.717) is 17.1 Å². The van der Waals surface area contributed by atoms with E-state index in [4.69, 9.17) is 19.5 Å². The number of hydrogen-bond acceptors (Lipinski definition) is 6. The summed E-state index contributed by atoms with van der Waals surface area (Å²) < 4.78 is 16.5. The van der Waals surface area contributed by atoms with Crippen LogP contribution < -0.4 is 14.2 Å². The minimum Gasteiger partial charge on any atom is -0.493 e. The number of piperazine rings is 1. The predicted molar refractivity (Wildman–Crippen MR) is 108 cm³/mol. The summed E-state index contributed by atoms with van der Waals surface area (Å²) in [5, 5.41) is 8.91. The van der Waals surface area contributed by atoms with E-state index in [2.05, 4.69) is 15.9 Å². The van der Waals surface area contributed by atoms with Crippen molar-refractivity contribution >= 4 is 0 Å². The van der Waals surface area contributed by atoms with Crippen molar-refractivity contribution < 1.29 is 14.2 Å². The van der Waals surface area contributed by atoms with Gasteiger partial charge >= 0.3 is 0 Å². The molecule has 0 N–H and O–H groups in total. The first kappa shape index (κ1) is 20.0. The van der Waals surface area contributed by atoms with Crippen LogP contribution in [0.5, 0.6) is 17.2 Å². The Kier molecular flexibility index (Phi) is 6.75. The molecule has 0 amide bonds. The van der Waals surface area contributed by atoms with E-state index in [1.54, 1.807) is 21.3 Å². The Labute approximate surface area is 166 Å². The van der Waals surface area contributed by atoms with Gasteiger partial charge in [0.1, 0.15) is 0 Å². The second kappa shape index (κ2) is 9.45. The van der Waals surface area contributed by atoms with E-state index < -0.39 is 0 Å². The van der Waals surface area contributed by atoms with Crippen molar-refractivity contribution in [1.82, 2.24) is 9.80 Å². The van der Waals surface area contributed by atoms with Gasteiger partial charge in [-0.05, 0) is 23.8 Å². The lowest BCUT2D eigenvalue weighted by molar-refractivity contribution is 0.121. The van der Waals surface area contributed by atoms with Gasteiger partial charge in [-0.3, -0.25) is 9.80 Å². The Morgan fingerprint density at radius 1 is 0.786 bits per heavy atom. The van der Waals surface area contributed by atoms with E-state index >= 15 is 0 Å². The van der Waals surface area contributed by atoms with Crippen molar-refractivity contribution in [3.8, 4) is 23.3 Å². The van der Waals surface area contributed by atoms with Gasteiger partial charge in [-0.25, -0.2) is 0 Å². The average molecular weight is 381 g/mol. The zero-order valence-corrected chi connectivity index (χ0v) is 16.8. The fourth-order valence-corrected chi connectivity index (χ4v) is 3.58. The van der Waals surface area contributed by atoms with E-state index in [9.17, 15) is 0 Å². The molecular formula is C22H27N3O3. The number of hydrogen-bond donors (Lipinski definition) is 0. The first-order chi connectivity index (χ1) is 13.7. The van der Waals surface area contributed by atoms with Crippen LogP contribution in [0.1, 0.15) is 16.7 Å². The summed E-state index contributed by atoms with van der Waals surface area (Å²) >= 11 is 0. The molecule has 148 valence electrons. The topological polar surface area (TPSA) is 58.0 Å². The van der Waals surface area contributed by atoms with Crippen molar-refractivity contribution in [3.63, 3.8) is 0 Å². The van der Waals surface area contributed by atoms with Crippen LogP contribution >= 0.6 is 0 Å². The minimum absolute atomic E-state index is 0.641. The molecule has 6 heteroatoms. The lowest BCUT2D eigenvalue weighted by atomic mass is 10.1. The summed E-state index contributed by atoms with van der Waals surface area (Å²) in [6.07, 6.45) is 0. The molecule has 0 aromatic heterocycles. The number of methoxy groups -OCH3 is 3. The summed E-state index contributed by atoms with van der Waals surface area (Å²) in [5.74, 6) is 2.05. The lowest BCUT2D eigenvalue weighted by Gasteiger charge is -2.35. The highest BCUT2D eigenvalue weighted by Crippen LogP contribution is 2.40. The highest BCUT2D eigenvalue weighted by molar-refractivity contribution is 5.55. The van der Waals surface area contributed by atoms with Gasteiger partial charge in [-0.1, -0.05) is 18.2 Å². The molecule has 1 aliphatic heterocycles. The fourth-order valence-electron chi connectivity index (χ4n) is 3.58. The van der Waals surface area contributed by atoms with Crippen LogP contribution in [0.2, 0.25) is 0 Å². The molecule has 3 rings (SSSR count). The monoisotopic (exact) mass is 381 g/mol. The summed E-state index contributed by atoms with van der Waals surface area (Å²) in [6, 6.07) is 14.0. The molecule has 6 nitrogen and oxygen atoms in total. The summed E-state index contributed by atoms with van der Waals surface area (Å²) in [7, 11) is 4.92. The second-order valence-electron chi connectivity index (χ2n) is 6.85. The van der Waals surface area contributed by atoms with Crippen LogP contribution in [0.4, 0.5) is 0 Å². The molecule has 1 heterocycles. The van der Waals surface area contributed by atoms with Crippen LogP contribution in [-0.2, 0) is 13.1 Å². The smallest absolute Gasteiger partial charge is 0.203 e. The van der Waals surface area contributed by atoms with Gasteiger partial charge in [-0.2, -0.15) is 5.26 Å². The zero-order valence-electron chi connectivity index (χ0n) is 16.8. The molecule has 0 spiro atoms. The van der Waals surface area contributed by atoms with Crippen LogP contribution in [0.25, 0.3) is 0 Å². The largest absolute Gasteiger partial charge is 0.493 e. The molecule has 2 aromatic rings. The molecule has 0 bridgehead atoms. The standard InChI is InChI=1S/C22H27N3O3/c1-26-20-9-8-19(21(27-2)22(20)28-3)16-25-12-10-24(11-13-25)15-18-6-4-17(14-23)5-7-18/h4-9H,10-13,15-16H2,1-3H3. The third-order valence-corrected chi connectivity index (χ3v) is 5.13. The minimum atomic E-state index is 0.641. The summed E-state index contributed by atoms with van der Waals surface area (Å²) in [5.41, 5.74) is 3.05. The maximum Gasteiger partial charge on any atom is 0.203 e. The van der Waals surface area contributed by atoms with Gasteiger partial charge < -0.3 is 14.2 Å². The fraction of sp³-hybridized carbons (Fsp3) is 0.409. The Hall–Kier alpha value is -2.75. The molecular weight excluding hydrogens is 354 g/mol. The van der Waals surface area contributed by atoms with E-state index in [1.165, 1.54) is 5.56 Å². The Morgan fingerprint density at radius 2 is 1.39 bits per heavy atom.